The zero-order valence-electron chi connectivity index (χ0n) is 12.4. The van der Waals surface area contributed by atoms with E-state index in [1.165, 1.54) is 0 Å². The van der Waals surface area contributed by atoms with Gasteiger partial charge in [0.1, 0.15) is 0 Å². The summed E-state index contributed by atoms with van der Waals surface area (Å²) >= 11 is 0. The van der Waals surface area contributed by atoms with Crippen LogP contribution in [0.4, 0.5) is 5.95 Å². The Labute approximate surface area is 125 Å². The summed E-state index contributed by atoms with van der Waals surface area (Å²) in [7, 11) is 0. The van der Waals surface area contributed by atoms with Gasteiger partial charge in [0.05, 0.1) is 18.8 Å². The van der Waals surface area contributed by atoms with Gasteiger partial charge in [0.2, 0.25) is 5.95 Å². The number of nitrogens with one attached hydrogen (secondary N) is 1. The first-order valence-electron chi connectivity index (χ1n) is 7.82. The molecule has 0 spiro atoms. The van der Waals surface area contributed by atoms with E-state index in [9.17, 15) is 5.11 Å². The maximum absolute atomic E-state index is 10.3. The number of hydrogen-bond acceptors (Lipinski definition) is 6. The van der Waals surface area contributed by atoms with Gasteiger partial charge in [-0.25, -0.2) is 9.97 Å². The van der Waals surface area contributed by atoms with E-state index < -0.39 is 5.60 Å². The zero-order valence-corrected chi connectivity index (χ0v) is 12.4. The lowest BCUT2D eigenvalue weighted by Gasteiger charge is -2.26. The molecule has 6 nitrogen and oxygen atoms in total. The van der Waals surface area contributed by atoms with Crippen molar-refractivity contribution in [3.05, 3.63) is 18.0 Å². The van der Waals surface area contributed by atoms with Crippen molar-refractivity contribution >= 4 is 5.95 Å². The highest BCUT2D eigenvalue weighted by molar-refractivity contribution is 5.30. The zero-order chi connectivity index (χ0) is 14.5. The second-order valence-electron chi connectivity index (χ2n) is 6.03. The highest BCUT2D eigenvalue weighted by Gasteiger charge is 2.30. The molecular weight excluding hydrogens is 268 g/mol. The molecule has 0 unspecified atom stereocenters. The monoisotopic (exact) mass is 292 g/mol. The van der Waals surface area contributed by atoms with Crippen LogP contribution >= 0.6 is 0 Å². The predicted octanol–water partition coefficient (Wildman–Crippen LogP) is 0.708. The number of anilines is 1. The van der Waals surface area contributed by atoms with E-state index in [2.05, 4.69) is 20.2 Å². The van der Waals surface area contributed by atoms with E-state index in [0.29, 0.717) is 13.1 Å². The molecule has 2 heterocycles. The fraction of sp³-hybridized carbons (Fsp3) is 0.733. The van der Waals surface area contributed by atoms with Crippen LogP contribution in [0, 0.1) is 0 Å². The third-order valence-electron chi connectivity index (χ3n) is 4.30. The number of hydrogen-bond donors (Lipinski definition) is 2. The summed E-state index contributed by atoms with van der Waals surface area (Å²) in [6, 6.07) is 0. The molecule has 1 aliphatic carbocycles. The Kier molecular flexibility index (Phi) is 4.67. The van der Waals surface area contributed by atoms with Crippen molar-refractivity contribution < 1.29 is 9.84 Å². The van der Waals surface area contributed by atoms with Gasteiger partial charge in [0.25, 0.3) is 0 Å². The number of aromatic nitrogens is 2. The Morgan fingerprint density at radius 1 is 1.19 bits per heavy atom. The van der Waals surface area contributed by atoms with Crippen molar-refractivity contribution in [3.8, 4) is 0 Å². The van der Waals surface area contributed by atoms with Crippen LogP contribution in [0.15, 0.2) is 12.4 Å². The van der Waals surface area contributed by atoms with E-state index in [4.69, 9.17) is 4.74 Å². The summed E-state index contributed by atoms with van der Waals surface area (Å²) in [4.78, 5) is 11.0. The number of rotatable bonds is 5. The summed E-state index contributed by atoms with van der Waals surface area (Å²) in [6.45, 7) is 4.54. The van der Waals surface area contributed by atoms with Crippen molar-refractivity contribution in [3.63, 3.8) is 0 Å². The fourth-order valence-electron chi connectivity index (χ4n) is 3.02. The summed E-state index contributed by atoms with van der Waals surface area (Å²) in [5.74, 6) is 0.775. The Hall–Kier alpha value is -1.24. The lowest BCUT2D eigenvalue weighted by atomic mass is 10.0. The molecule has 3 rings (SSSR count). The van der Waals surface area contributed by atoms with Gasteiger partial charge in [-0.1, -0.05) is 12.8 Å². The van der Waals surface area contributed by atoms with Gasteiger partial charge in [-0.15, -0.1) is 0 Å². The van der Waals surface area contributed by atoms with Gasteiger partial charge >= 0.3 is 0 Å². The van der Waals surface area contributed by atoms with Gasteiger partial charge < -0.3 is 20.1 Å². The van der Waals surface area contributed by atoms with Gasteiger partial charge in [-0.05, 0) is 12.8 Å². The van der Waals surface area contributed by atoms with Crippen molar-refractivity contribution in [1.29, 1.82) is 0 Å². The molecule has 0 bridgehead atoms. The second-order valence-corrected chi connectivity index (χ2v) is 6.03. The van der Waals surface area contributed by atoms with Crippen LogP contribution in [0.2, 0.25) is 0 Å². The van der Waals surface area contributed by atoms with E-state index in [1.54, 1.807) is 0 Å². The maximum Gasteiger partial charge on any atom is 0.225 e. The molecule has 1 saturated carbocycles. The fourth-order valence-corrected chi connectivity index (χ4v) is 3.02. The number of morpholine rings is 1. The summed E-state index contributed by atoms with van der Waals surface area (Å²) in [5, 5.41) is 13.6. The topological polar surface area (TPSA) is 70.5 Å². The number of nitrogens with zero attached hydrogens (tertiary/aromatic N) is 3. The van der Waals surface area contributed by atoms with Crippen LogP contribution in [0.5, 0.6) is 0 Å². The van der Waals surface area contributed by atoms with Crippen LogP contribution in [0.25, 0.3) is 0 Å². The molecule has 1 aromatic heterocycles. The second kappa shape index (κ2) is 6.68. The summed E-state index contributed by atoms with van der Waals surface area (Å²) < 4.78 is 5.33. The summed E-state index contributed by atoms with van der Waals surface area (Å²) in [6.07, 6.45) is 7.82. The Balaban J connectivity index is 1.47. The standard InChI is InChI=1S/C15H24N4O2/c20-15(3-1-2-4-15)12-16-9-13-10-17-14(18-11-13)19-5-7-21-8-6-19/h10-11,16,20H,1-9,12H2. The van der Waals surface area contributed by atoms with E-state index in [1.807, 2.05) is 12.4 Å². The SMILES string of the molecule is OC1(CNCc2cnc(N3CCOCC3)nc2)CCCC1. The average molecular weight is 292 g/mol. The normalized spacial score (nSPS) is 21.7. The molecule has 2 N–H and O–H groups in total. The molecule has 0 amide bonds. The lowest BCUT2D eigenvalue weighted by molar-refractivity contribution is 0.0474. The van der Waals surface area contributed by atoms with E-state index in [0.717, 1.165) is 63.5 Å². The smallest absolute Gasteiger partial charge is 0.225 e. The van der Waals surface area contributed by atoms with Crippen LogP contribution in [0.3, 0.4) is 0 Å². The van der Waals surface area contributed by atoms with Crippen LogP contribution in [-0.4, -0.2) is 53.5 Å². The highest BCUT2D eigenvalue weighted by Crippen LogP contribution is 2.28. The minimum absolute atomic E-state index is 0.505. The molecule has 0 radical (unpaired) electrons. The predicted molar refractivity (Wildman–Crippen MR) is 80.2 cm³/mol. The highest BCUT2D eigenvalue weighted by atomic mass is 16.5. The van der Waals surface area contributed by atoms with Crippen LogP contribution < -0.4 is 10.2 Å². The number of ether oxygens (including phenoxy) is 1. The van der Waals surface area contributed by atoms with E-state index in [-0.39, 0.29) is 0 Å². The van der Waals surface area contributed by atoms with Crippen molar-refractivity contribution in [2.75, 3.05) is 37.7 Å². The van der Waals surface area contributed by atoms with Gasteiger partial charge in [-0.3, -0.25) is 0 Å². The average Bonchev–Trinajstić information content (AvgIpc) is 2.96. The molecule has 1 aromatic rings. The first-order chi connectivity index (χ1) is 10.3. The minimum atomic E-state index is -0.505. The minimum Gasteiger partial charge on any atom is -0.389 e. The molecule has 6 heteroatoms. The molecule has 2 aliphatic rings. The van der Waals surface area contributed by atoms with Crippen LogP contribution in [-0.2, 0) is 11.3 Å². The van der Waals surface area contributed by atoms with Crippen molar-refractivity contribution in [1.82, 2.24) is 15.3 Å². The Morgan fingerprint density at radius 2 is 1.86 bits per heavy atom. The molecule has 1 saturated heterocycles. The Bertz CT molecular complexity index is 439. The summed E-state index contributed by atoms with van der Waals surface area (Å²) in [5.41, 5.74) is 0.544. The van der Waals surface area contributed by atoms with E-state index >= 15 is 0 Å². The maximum atomic E-state index is 10.3. The Morgan fingerprint density at radius 3 is 2.52 bits per heavy atom. The van der Waals surface area contributed by atoms with Gasteiger partial charge in [0.15, 0.2) is 0 Å². The van der Waals surface area contributed by atoms with Gasteiger partial charge in [-0.2, -0.15) is 0 Å². The molecule has 21 heavy (non-hydrogen) atoms. The first-order valence-corrected chi connectivity index (χ1v) is 7.82. The van der Waals surface area contributed by atoms with Crippen LogP contribution in [0.1, 0.15) is 31.2 Å². The molecule has 0 atom stereocenters. The molecule has 116 valence electrons. The van der Waals surface area contributed by atoms with Crippen molar-refractivity contribution in [2.45, 2.75) is 37.8 Å². The third kappa shape index (κ3) is 3.90. The number of aliphatic hydroxyl groups is 1. The first kappa shape index (κ1) is 14.7. The molecule has 1 aliphatic heterocycles. The largest absolute Gasteiger partial charge is 0.389 e. The molecule has 2 fully saturated rings. The lowest BCUT2D eigenvalue weighted by Crippen LogP contribution is -2.38. The molecular formula is C15H24N4O2. The van der Waals surface area contributed by atoms with Crippen molar-refractivity contribution in [2.24, 2.45) is 0 Å². The quantitative estimate of drug-likeness (QED) is 0.833. The molecule has 0 aromatic carbocycles. The third-order valence-corrected chi connectivity index (χ3v) is 4.30. The van der Waals surface area contributed by atoms with Gasteiger partial charge in [0, 0.05) is 44.1 Å².